The van der Waals surface area contributed by atoms with Gasteiger partial charge in [-0.15, -0.1) is 0 Å². The Hall–Kier alpha value is -0.860. The third-order valence-corrected chi connectivity index (χ3v) is 0.523. The van der Waals surface area contributed by atoms with Crippen molar-refractivity contribution in [2.75, 3.05) is 0 Å². The topological polar surface area (TPSA) is 53.0 Å². The summed E-state index contributed by atoms with van der Waals surface area (Å²) in [6.45, 7) is 1.71. The maximum Gasteiger partial charge on any atom is 0.225 e. The molecule has 0 saturated heterocycles. The van der Waals surface area contributed by atoms with Crippen molar-refractivity contribution in [2.24, 2.45) is 0 Å². The fourth-order valence-electron chi connectivity index (χ4n) is 0.158. The van der Waals surface area contributed by atoms with Crippen LogP contribution in [0.5, 0.6) is 0 Å². The highest BCUT2D eigenvalue weighted by atomic mass is 16.1. The molecule has 7 heavy (non-hydrogen) atoms. The van der Waals surface area contributed by atoms with Crippen LogP contribution in [0.4, 0.5) is 0 Å². The van der Waals surface area contributed by atoms with Gasteiger partial charge in [0.25, 0.3) is 0 Å². The second-order valence-electron chi connectivity index (χ2n) is 1.03. The largest absolute Gasteiger partial charge is 0.308 e. The van der Waals surface area contributed by atoms with Gasteiger partial charge < -0.3 is 5.32 Å². The molecular weight excluding hydrogens is 92.1 g/mol. The average molecular weight is 99.1 g/mol. The molecule has 3 heteroatoms. The van der Waals surface area contributed by atoms with Gasteiger partial charge in [0.05, 0.1) is 0 Å². The van der Waals surface area contributed by atoms with Crippen molar-refractivity contribution < 1.29 is 4.79 Å². The summed E-state index contributed by atoms with van der Waals surface area (Å²) in [5.41, 5.74) is 0. The van der Waals surface area contributed by atoms with Crippen molar-refractivity contribution in [3.05, 3.63) is 0 Å². The average Bonchev–Trinajstić information content (AvgIpc) is 1.68. The van der Waals surface area contributed by atoms with Crippen molar-refractivity contribution in [2.45, 2.75) is 13.3 Å². The van der Waals surface area contributed by atoms with Gasteiger partial charge in [0.1, 0.15) is 0 Å². The Morgan fingerprint density at radius 3 is 2.71 bits per heavy atom. The normalized spacial score (nSPS) is 7.57. The molecule has 1 radical (unpaired) electrons. The molecule has 0 aliphatic rings. The van der Waals surface area contributed by atoms with Crippen LogP contribution in [-0.4, -0.2) is 12.2 Å². The van der Waals surface area contributed by atoms with Crippen LogP contribution in [0.3, 0.4) is 0 Å². The van der Waals surface area contributed by atoms with Crippen LogP contribution in [0.1, 0.15) is 13.3 Å². The van der Waals surface area contributed by atoms with E-state index in [0.29, 0.717) is 6.42 Å². The Morgan fingerprint density at radius 2 is 2.57 bits per heavy atom. The summed E-state index contributed by atoms with van der Waals surface area (Å²) in [5, 5.41) is 8.33. The minimum Gasteiger partial charge on any atom is -0.308 e. The fraction of sp³-hybridized carbons (Fsp3) is 0.500. The van der Waals surface area contributed by atoms with Crippen LogP contribution < -0.4 is 5.32 Å². The van der Waals surface area contributed by atoms with Gasteiger partial charge in [-0.05, 0) is 0 Å². The number of nitrogens with one attached hydrogen (secondary N) is 2. The number of hydrogen-bond acceptors (Lipinski definition) is 2. The van der Waals surface area contributed by atoms with E-state index in [1.807, 2.05) is 0 Å². The molecule has 2 N–H and O–H groups in total. The lowest BCUT2D eigenvalue weighted by Crippen LogP contribution is -2.18. The van der Waals surface area contributed by atoms with Gasteiger partial charge in [0, 0.05) is 6.42 Å². The summed E-state index contributed by atoms with van der Waals surface area (Å²) in [6.07, 6.45) is 2.18. The summed E-state index contributed by atoms with van der Waals surface area (Å²) in [4.78, 5) is 10.1. The van der Waals surface area contributed by atoms with Crippen molar-refractivity contribution in [3.63, 3.8) is 0 Å². The van der Waals surface area contributed by atoms with Crippen molar-refractivity contribution in [1.29, 1.82) is 5.41 Å². The maximum atomic E-state index is 10.1. The van der Waals surface area contributed by atoms with Gasteiger partial charge in [0.2, 0.25) is 5.91 Å². The van der Waals surface area contributed by atoms with Crippen molar-refractivity contribution >= 4 is 12.2 Å². The first-order valence-corrected chi connectivity index (χ1v) is 2.01. The molecule has 0 aliphatic carbocycles. The minimum absolute atomic E-state index is 0.171. The second-order valence-corrected chi connectivity index (χ2v) is 1.03. The predicted molar refractivity (Wildman–Crippen MR) is 26.2 cm³/mol. The Kier molecular flexibility index (Phi) is 2.92. The molecule has 0 bridgehead atoms. The van der Waals surface area contributed by atoms with Crippen LogP contribution in [-0.2, 0) is 4.79 Å². The third-order valence-electron chi connectivity index (χ3n) is 0.523. The van der Waals surface area contributed by atoms with E-state index in [0.717, 1.165) is 0 Å². The SMILES string of the molecule is CCC(=O)N[C]=N. The van der Waals surface area contributed by atoms with Gasteiger partial charge >= 0.3 is 0 Å². The van der Waals surface area contributed by atoms with Crippen LogP contribution >= 0.6 is 0 Å². The second kappa shape index (κ2) is 3.33. The van der Waals surface area contributed by atoms with E-state index in [4.69, 9.17) is 5.41 Å². The molecule has 0 aromatic rings. The minimum atomic E-state index is -0.171. The molecule has 3 nitrogen and oxygen atoms in total. The molecule has 0 spiro atoms. The van der Waals surface area contributed by atoms with E-state index in [-0.39, 0.29) is 5.91 Å². The Bertz CT molecular complexity index is 79.8. The Labute approximate surface area is 42.2 Å². The summed E-state index contributed by atoms with van der Waals surface area (Å²) in [6, 6.07) is 0. The number of amides is 1. The first kappa shape index (κ1) is 6.14. The van der Waals surface area contributed by atoms with E-state index in [1.165, 1.54) is 0 Å². The fourth-order valence-corrected chi connectivity index (χ4v) is 0.158. The van der Waals surface area contributed by atoms with Gasteiger partial charge in [-0.25, -0.2) is 0 Å². The highest BCUT2D eigenvalue weighted by molar-refractivity contribution is 5.86. The van der Waals surface area contributed by atoms with Gasteiger partial charge in [-0.2, -0.15) is 0 Å². The molecule has 0 saturated carbocycles. The standard InChI is InChI=1S/C4H7N2O/c1-2-4(7)6-3-5/h2H2,1H3,(H2,5,6,7). The number of carbonyl (C=O) groups is 1. The van der Waals surface area contributed by atoms with E-state index >= 15 is 0 Å². The molecule has 39 valence electrons. The molecule has 0 heterocycles. The zero-order valence-electron chi connectivity index (χ0n) is 4.12. The highest BCUT2D eigenvalue weighted by Gasteiger charge is 1.88. The predicted octanol–water partition coefficient (Wildman–Crippen LogP) is -0.00333. The Morgan fingerprint density at radius 1 is 2.00 bits per heavy atom. The first-order chi connectivity index (χ1) is 3.31. The first-order valence-electron chi connectivity index (χ1n) is 2.01. The van der Waals surface area contributed by atoms with Crippen molar-refractivity contribution in [1.82, 2.24) is 5.32 Å². The molecule has 0 unspecified atom stereocenters. The lowest BCUT2D eigenvalue weighted by Gasteiger charge is -1.86. The lowest BCUT2D eigenvalue weighted by molar-refractivity contribution is -0.119. The maximum absolute atomic E-state index is 10.1. The summed E-state index contributed by atoms with van der Waals surface area (Å²) in [5.74, 6) is -0.171. The summed E-state index contributed by atoms with van der Waals surface area (Å²) in [7, 11) is 0. The zero-order chi connectivity index (χ0) is 5.70. The molecule has 0 atom stereocenters. The number of rotatable bonds is 2. The third kappa shape index (κ3) is 2.96. The molecular formula is C4H7N2O. The van der Waals surface area contributed by atoms with E-state index in [9.17, 15) is 4.79 Å². The van der Waals surface area contributed by atoms with Crippen LogP contribution in [0.25, 0.3) is 0 Å². The van der Waals surface area contributed by atoms with E-state index < -0.39 is 0 Å². The summed E-state index contributed by atoms with van der Waals surface area (Å²) >= 11 is 0. The van der Waals surface area contributed by atoms with Gasteiger partial charge in [-0.3, -0.25) is 10.2 Å². The molecule has 0 aliphatic heterocycles. The van der Waals surface area contributed by atoms with Crippen LogP contribution in [0.2, 0.25) is 0 Å². The molecule has 0 fully saturated rings. The quantitative estimate of drug-likeness (QED) is 0.285. The highest BCUT2D eigenvalue weighted by Crippen LogP contribution is 1.68. The van der Waals surface area contributed by atoms with E-state index in [2.05, 4.69) is 5.32 Å². The van der Waals surface area contributed by atoms with E-state index in [1.54, 1.807) is 13.3 Å². The lowest BCUT2D eigenvalue weighted by atomic mass is 10.5. The molecule has 0 aromatic heterocycles. The molecule has 0 rings (SSSR count). The van der Waals surface area contributed by atoms with Crippen LogP contribution in [0, 0.1) is 5.41 Å². The molecule has 1 amide bonds. The van der Waals surface area contributed by atoms with Crippen LogP contribution in [0.15, 0.2) is 0 Å². The van der Waals surface area contributed by atoms with Crippen molar-refractivity contribution in [3.8, 4) is 0 Å². The van der Waals surface area contributed by atoms with Gasteiger partial charge in [-0.1, -0.05) is 6.92 Å². The molecule has 0 aromatic carbocycles. The Balaban J connectivity index is 3.17. The van der Waals surface area contributed by atoms with Gasteiger partial charge in [0.15, 0.2) is 6.34 Å². The number of carbonyl (C=O) groups excluding carboxylic acids is 1. The zero-order valence-corrected chi connectivity index (χ0v) is 4.12. The smallest absolute Gasteiger partial charge is 0.225 e. The summed E-state index contributed by atoms with van der Waals surface area (Å²) < 4.78 is 0. The monoisotopic (exact) mass is 99.1 g/mol. The number of hydrogen-bond donors (Lipinski definition) is 2.